The molecule has 0 saturated carbocycles. The zero-order valence-corrected chi connectivity index (χ0v) is 12.8. The summed E-state index contributed by atoms with van der Waals surface area (Å²) in [7, 11) is 0. The van der Waals surface area contributed by atoms with Crippen LogP contribution in [0.15, 0.2) is 6.07 Å². The Morgan fingerprint density at radius 2 is 2.00 bits per heavy atom. The average molecular weight is 277 g/mol. The molecule has 2 fully saturated rings. The molecule has 1 N–H and O–H groups in total. The van der Waals surface area contributed by atoms with Gasteiger partial charge in [-0.2, -0.15) is 5.10 Å². The molecule has 0 spiro atoms. The van der Waals surface area contributed by atoms with Gasteiger partial charge in [0.2, 0.25) is 0 Å². The molecule has 1 aromatic heterocycles. The third-order valence-electron chi connectivity index (χ3n) is 4.57. The first kappa shape index (κ1) is 14.0. The van der Waals surface area contributed by atoms with E-state index >= 15 is 0 Å². The van der Waals surface area contributed by atoms with Gasteiger partial charge in [-0.15, -0.1) is 0 Å². The van der Waals surface area contributed by atoms with Crippen LogP contribution in [0.1, 0.15) is 25.2 Å². The first-order valence-corrected chi connectivity index (χ1v) is 8.03. The Kier molecular flexibility index (Phi) is 4.38. The Hall–Kier alpha value is -0.910. The summed E-state index contributed by atoms with van der Waals surface area (Å²) in [6.07, 6.45) is 1.03. The molecule has 2 aliphatic heterocycles. The van der Waals surface area contributed by atoms with E-state index in [-0.39, 0.29) is 0 Å². The van der Waals surface area contributed by atoms with Crippen molar-refractivity contribution in [2.75, 3.05) is 39.3 Å². The zero-order chi connectivity index (χ0) is 13.9. The molecular weight excluding hydrogens is 250 g/mol. The minimum Gasteiger partial charge on any atom is -0.314 e. The minimum absolute atomic E-state index is 0.778. The van der Waals surface area contributed by atoms with Crippen molar-refractivity contribution < 1.29 is 0 Å². The predicted octanol–water partition coefficient (Wildman–Crippen LogP) is 0.555. The molecule has 2 saturated heterocycles. The Balaban J connectivity index is 1.51. The third kappa shape index (κ3) is 2.90. The lowest BCUT2D eigenvalue weighted by molar-refractivity contribution is 0.0208. The van der Waals surface area contributed by atoms with Crippen LogP contribution in [0.3, 0.4) is 0 Å². The summed E-state index contributed by atoms with van der Waals surface area (Å²) in [6.45, 7) is 13.6. The molecule has 3 rings (SSSR count). The number of nitrogens with one attached hydrogen (secondary N) is 1. The molecule has 5 heteroatoms. The molecule has 0 unspecified atom stereocenters. The molecule has 3 heterocycles. The number of piperazine rings is 1. The lowest BCUT2D eigenvalue weighted by atomic mass is 10.1. The molecule has 20 heavy (non-hydrogen) atoms. The van der Waals surface area contributed by atoms with Crippen molar-refractivity contribution in [3.8, 4) is 0 Å². The quantitative estimate of drug-likeness (QED) is 0.853. The third-order valence-corrected chi connectivity index (χ3v) is 4.57. The highest BCUT2D eigenvalue weighted by atomic mass is 15.3. The first-order chi connectivity index (χ1) is 9.80. The summed E-state index contributed by atoms with van der Waals surface area (Å²) in [6, 6.07) is 3.06. The number of rotatable bonds is 5. The van der Waals surface area contributed by atoms with Crippen LogP contribution in [0.5, 0.6) is 0 Å². The summed E-state index contributed by atoms with van der Waals surface area (Å²) in [5, 5.41) is 8.07. The lowest BCUT2D eigenvalue weighted by Gasteiger charge is -2.46. The molecule has 112 valence electrons. The first-order valence-electron chi connectivity index (χ1n) is 8.03. The second-order valence-corrected chi connectivity index (χ2v) is 5.93. The van der Waals surface area contributed by atoms with Gasteiger partial charge in [0.1, 0.15) is 0 Å². The van der Waals surface area contributed by atoms with Crippen molar-refractivity contribution in [1.29, 1.82) is 0 Å². The van der Waals surface area contributed by atoms with Crippen molar-refractivity contribution in [2.24, 2.45) is 0 Å². The maximum atomic E-state index is 4.64. The predicted molar refractivity (Wildman–Crippen MR) is 80.8 cm³/mol. The van der Waals surface area contributed by atoms with Crippen LogP contribution in [0, 0.1) is 0 Å². The van der Waals surface area contributed by atoms with E-state index in [4.69, 9.17) is 0 Å². The monoisotopic (exact) mass is 277 g/mol. The molecule has 0 atom stereocenters. The number of hydrogen-bond donors (Lipinski definition) is 1. The summed E-state index contributed by atoms with van der Waals surface area (Å²) < 4.78 is 2.16. The SMILES string of the molecule is CCc1cc(CN2CC(N3CCNCC3)C2)n(CC)n1. The van der Waals surface area contributed by atoms with Crippen molar-refractivity contribution >= 4 is 0 Å². The van der Waals surface area contributed by atoms with Gasteiger partial charge in [-0.3, -0.25) is 14.5 Å². The smallest absolute Gasteiger partial charge is 0.0625 e. The summed E-state index contributed by atoms with van der Waals surface area (Å²) in [5.41, 5.74) is 2.60. The fourth-order valence-corrected chi connectivity index (χ4v) is 3.27. The number of aryl methyl sites for hydroxylation is 2. The van der Waals surface area contributed by atoms with E-state index in [1.807, 2.05) is 0 Å². The molecular formula is C15H27N5. The van der Waals surface area contributed by atoms with Gasteiger partial charge in [0.25, 0.3) is 0 Å². The molecule has 0 aromatic carbocycles. The van der Waals surface area contributed by atoms with Gasteiger partial charge in [0.05, 0.1) is 11.4 Å². The Bertz CT molecular complexity index is 429. The van der Waals surface area contributed by atoms with Crippen molar-refractivity contribution in [3.05, 3.63) is 17.5 Å². The largest absolute Gasteiger partial charge is 0.314 e. The fraction of sp³-hybridized carbons (Fsp3) is 0.800. The van der Waals surface area contributed by atoms with E-state index in [2.05, 4.69) is 44.8 Å². The lowest BCUT2D eigenvalue weighted by Crippen LogP contribution is -2.62. The van der Waals surface area contributed by atoms with Crippen LogP contribution < -0.4 is 5.32 Å². The van der Waals surface area contributed by atoms with Crippen molar-refractivity contribution in [3.63, 3.8) is 0 Å². The van der Waals surface area contributed by atoms with Gasteiger partial charge in [-0.05, 0) is 19.4 Å². The van der Waals surface area contributed by atoms with Gasteiger partial charge < -0.3 is 5.32 Å². The Morgan fingerprint density at radius 3 is 2.65 bits per heavy atom. The summed E-state index contributed by atoms with van der Waals surface area (Å²) >= 11 is 0. The standard InChI is InChI=1S/C15H27N5/c1-3-13-9-14(20(4-2)17-13)10-18-11-15(12-18)19-7-5-16-6-8-19/h9,15-16H,3-8,10-12H2,1-2H3. The van der Waals surface area contributed by atoms with Crippen LogP contribution >= 0.6 is 0 Å². The van der Waals surface area contributed by atoms with E-state index < -0.39 is 0 Å². The molecule has 0 bridgehead atoms. The van der Waals surface area contributed by atoms with Gasteiger partial charge >= 0.3 is 0 Å². The maximum Gasteiger partial charge on any atom is 0.0625 e. The molecule has 0 aliphatic carbocycles. The molecule has 0 radical (unpaired) electrons. The van der Waals surface area contributed by atoms with E-state index in [1.54, 1.807) is 0 Å². The van der Waals surface area contributed by atoms with Crippen LogP contribution in [0.2, 0.25) is 0 Å². The Morgan fingerprint density at radius 1 is 1.25 bits per heavy atom. The number of nitrogens with zero attached hydrogens (tertiary/aromatic N) is 4. The maximum absolute atomic E-state index is 4.64. The van der Waals surface area contributed by atoms with E-state index in [0.29, 0.717) is 0 Å². The van der Waals surface area contributed by atoms with Crippen molar-refractivity contribution in [2.45, 2.75) is 39.4 Å². The molecule has 2 aliphatic rings. The van der Waals surface area contributed by atoms with Gasteiger partial charge in [0.15, 0.2) is 0 Å². The number of likely N-dealkylation sites (tertiary alicyclic amines) is 1. The zero-order valence-electron chi connectivity index (χ0n) is 12.8. The topological polar surface area (TPSA) is 36.3 Å². The van der Waals surface area contributed by atoms with Gasteiger partial charge in [-0.25, -0.2) is 0 Å². The highest BCUT2D eigenvalue weighted by molar-refractivity contribution is 5.11. The van der Waals surface area contributed by atoms with Crippen LogP contribution in [-0.2, 0) is 19.5 Å². The number of hydrogen-bond acceptors (Lipinski definition) is 4. The second-order valence-electron chi connectivity index (χ2n) is 5.93. The van der Waals surface area contributed by atoms with Crippen LogP contribution in [0.4, 0.5) is 0 Å². The van der Waals surface area contributed by atoms with Gasteiger partial charge in [-0.1, -0.05) is 6.92 Å². The van der Waals surface area contributed by atoms with E-state index in [9.17, 15) is 0 Å². The van der Waals surface area contributed by atoms with Crippen molar-refractivity contribution in [1.82, 2.24) is 24.9 Å². The fourth-order valence-electron chi connectivity index (χ4n) is 3.27. The Labute approximate surface area is 121 Å². The van der Waals surface area contributed by atoms with E-state index in [1.165, 1.54) is 37.6 Å². The summed E-state index contributed by atoms with van der Waals surface area (Å²) in [5.74, 6) is 0. The molecule has 0 amide bonds. The second kappa shape index (κ2) is 6.24. The summed E-state index contributed by atoms with van der Waals surface area (Å²) in [4.78, 5) is 5.19. The molecule has 5 nitrogen and oxygen atoms in total. The highest BCUT2D eigenvalue weighted by Crippen LogP contribution is 2.19. The number of aromatic nitrogens is 2. The van der Waals surface area contributed by atoms with Gasteiger partial charge in [0, 0.05) is 58.4 Å². The average Bonchev–Trinajstić information content (AvgIpc) is 2.85. The van der Waals surface area contributed by atoms with E-state index in [0.717, 1.165) is 38.6 Å². The minimum atomic E-state index is 0.778. The van der Waals surface area contributed by atoms with Crippen LogP contribution in [-0.4, -0.2) is 64.9 Å². The van der Waals surface area contributed by atoms with Crippen LogP contribution in [0.25, 0.3) is 0 Å². The normalized spacial score (nSPS) is 22.1. The molecule has 1 aromatic rings. The highest BCUT2D eigenvalue weighted by Gasteiger charge is 2.32.